The van der Waals surface area contributed by atoms with Crippen LogP contribution in [0.25, 0.3) is 43.6 Å². The summed E-state index contributed by atoms with van der Waals surface area (Å²) in [5.74, 6) is 0.864. The molecule has 3 aliphatic heterocycles. The molecule has 0 spiro atoms. The number of hydrogen-bond donors (Lipinski definition) is 1. The predicted octanol–water partition coefficient (Wildman–Crippen LogP) is 6.25. The number of amides is 1. The van der Waals surface area contributed by atoms with Gasteiger partial charge in [-0.1, -0.05) is 56.7 Å². The molecule has 2 aromatic heterocycles. The monoisotopic (exact) mass is 479 g/mol. The smallest absolute Gasteiger partial charge is 0.252 e. The lowest BCUT2D eigenvalue weighted by atomic mass is 9.81. The van der Waals surface area contributed by atoms with Crippen LogP contribution < -0.4 is 5.32 Å². The molecule has 1 fully saturated rings. The first-order valence-corrected chi connectivity index (χ1v) is 13.1. The molecule has 5 unspecified atom stereocenters. The van der Waals surface area contributed by atoms with Gasteiger partial charge in [0.15, 0.2) is 6.23 Å². The Morgan fingerprint density at radius 3 is 2.42 bits per heavy atom. The second kappa shape index (κ2) is 7.11. The van der Waals surface area contributed by atoms with E-state index < -0.39 is 0 Å². The van der Waals surface area contributed by atoms with Gasteiger partial charge in [-0.05, 0) is 36.0 Å². The number of fused-ring (bicyclic) bond motifs is 13. The molecule has 0 aliphatic carbocycles. The Hall–Kier alpha value is -3.35. The zero-order valence-electron chi connectivity index (χ0n) is 20.7. The second-order valence-electron chi connectivity index (χ2n) is 10.7. The van der Waals surface area contributed by atoms with Crippen molar-refractivity contribution in [2.75, 3.05) is 7.11 Å². The molecule has 0 radical (unpaired) electrons. The van der Waals surface area contributed by atoms with Gasteiger partial charge in [0.2, 0.25) is 0 Å². The Bertz CT molecular complexity index is 1750. The minimum atomic E-state index is -0.250. The molecule has 2 bridgehead atoms. The molecule has 5 atom stereocenters. The van der Waals surface area contributed by atoms with Crippen LogP contribution >= 0.6 is 0 Å². The molecule has 6 heteroatoms. The first kappa shape index (κ1) is 20.8. The fourth-order valence-electron chi connectivity index (χ4n) is 7.47. The Morgan fingerprint density at radius 2 is 1.69 bits per heavy atom. The van der Waals surface area contributed by atoms with Crippen LogP contribution in [0.4, 0.5) is 0 Å². The Balaban J connectivity index is 1.65. The summed E-state index contributed by atoms with van der Waals surface area (Å²) in [6, 6.07) is 17.1. The van der Waals surface area contributed by atoms with Gasteiger partial charge in [-0.2, -0.15) is 0 Å². The lowest BCUT2D eigenvalue weighted by molar-refractivity contribution is -0.212. The number of aromatic nitrogens is 2. The van der Waals surface area contributed by atoms with Crippen LogP contribution in [0.1, 0.15) is 55.1 Å². The molecule has 5 heterocycles. The van der Waals surface area contributed by atoms with Crippen molar-refractivity contribution in [3.8, 4) is 0 Å². The Kier molecular flexibility index (Phi) is 4.11. The molecule has 6 nitrogen and oxygen atoms in total. The normalized spacial score (nSPS) is 25.7. The molecular formula is C30H29N3O3. The van der Waals surface area contributed by atoms with E-state index in [9.17, 15) is 4.79 Å². The van der Waals surface area contributed by atoms with E-state index in [1.807, 2.05) is 7.11 Å². The third-order valence-electron chi connectivity index (χ3n) is 9.21. The molecule has 3 aliphatic rings. The molecule has 36 heavy (non-hydrogen) atoms. The maximum absolute atomic E-state index is 13.4. The molecule has 5 aromatic rings. The van der Waals surface area contributed by atoms with Crippen molar-refractivity contribution in [1.29, 1.82) is 0 Å². The molecular weight excluding hydrogens is 450 g/mol. The van der Waals surface area contributed by atoms with Gasteiger partial charge >= 0.3 is 0 Å². The highest BCUT2D eigenvalue weighted by Crippen LogP contribution is 2.53. The van der Waals surface area contributed by atoms with Crippen LogP contribution in [0.15, 0.2) is 48.5 Å². The number of nitrogens with zero attached hydrogens (tertiary/aromatic N) is 2. The zero-order valence-corrected chi connectivity index (χ0v) is 20.7. The second-order valence-corrected chi connectivity index (χ2v) is 10.7. The van der Waals surface area contributed by atoms with Crippen molar-refractivity contribution in [2.24, 2.45) is 11.8 Å². The maximum Gasteiger partial charge on any atom is 0.252 e. The van der Waals surface area contributed by atoms with Crippen LogP contribution in [0.3, 0.4) is 0 Å². The van der Waals surface area contributed by atoms with Crippen molar-refractivity contribution in [3.05, 3.63) is 59.7 Å². The fraction of sp³-hybridized carbons (Fsp3) is 0.367. The molecule has 1 N–H and O–H groups in total. The van der Waals surface area contributed by atoms with Gasteiger partial charge in [-0.25, -0.2) is 0 Å². The van der Waals surface area contributed by atoms with Gasteiger partial charge in [0, 0.05) is 35.2 Å². The van der Waals surface area contributed by atoms with Crippen molar-refractivity contribution < 1.29 is 14.3 Å². The lowest BCUT2D eigenvalue weighted by Gasteiger charge is -2.43. The Morgan fingerprint density at radius 1 is 1.03 bits per heavy atom. The number of carbonyl (C=O) groups excluding carboxylic acids is 1. The summed E-state index contributed by atoms with van der Waals surface area (Å²) >= 11 is 0. The summed E-state index contributed by atoms with van der Waals surface area (Å²) in [5.41, 5.74) is 6.47. The number of benzene rings is 3. The van der Waals surface area contributed by atoms with Gasteiger partial charge in [0.25, 0.3) is 5.91 Å². The maximum atomic E-state index is 13.4. The first-order valence-electron chi connectivity index (χ1n) is 13.1. The minimum absolute atomic E-state index is 0.0204. The number of methoxy groups -OCH3 is 1. The van der Waals surface area contributed by atoms with E-state index in [4.69, 9.17) is 9.47 Å². The molecule has 1 saturated heterocycles. The summed E-state index contributed by atoms with van der Waals surface area (Å²) in [6.07, 6.45) is 1.53. The van der Waals surface area contributed by atoms with E-state index in [1.54, 1.807) is 0 Å². The van der Waals surface area contributed by atoms with Gasteiger partial charge in [-0.3, -0.25) is 4.79 Å². The molecule has 3 aromatic carbocycles. The van der Waals surface area contributed by atoms with E-state index in [-0.39, 0.29) is 24.5 Å². The van der Waals surface area contributed by atoms with Gasteiger partial charge in [0.1, 0.15) is 12.3 Å². The van der Waals surface area contributed by atoms with E-state index >= 15 is 0 Å². The van der Waals surface area contributed by atoms with Crippen LogP contribution in [-0.2, 0) is 16.0 Å². The highest BCUT2D eigenvalue weighted by molar-refractivity contribution is 6.30. The van der Waals surface area contributed by atoms with Gasteiger partial charge in [-0.15, -0.1) is 0 Å². The van der Waals surface area contributed by atoms with E-state index in [0.29, 0.717) is 18.4 Å². The summed E-state index contributed by atoms with van der Waals surface area (Å²) in [6.45, 7) is 5.15. The van der Waals surface area contributed by atoms with Crippen molar-refractivity contribution in [1.82, 2.24) is 14.5 Å². The van der Waals surface area contributed by atoms with Crippen LogP contribution in [0.2, 0.25) is 0 Å². The highest BCUT2D eigenvalue weighted by atomic mass is 16.6. The topological polar surface area (TPSA) is 57.4 Å². The van der Waals surface area contributed by atoms with Crippen LogP contribution in [0.5, 0.6) is 0 Å². The number of nitrogens with one attached hydrogen (secondary N) is 1. The summed E-state index contributed by atoms with van der Waals surface area (Å²) in [5, 5.41) is 7.65. The summed E-state index contributed by atoms with van der Waals surface area (Å²) in [7, 11) is 1.83. The third kappa shape index (κ3) is 2.33. The van der Waals surface area contributed by atoms with E-state index in [0.717, 1.165) is 56.8 Å². The van der Waals surface area contributed by atoms with Crippen LogP contribution in [0, 0.1) is 11.8 Å². The molecule has 1 amide bonds. The standard InChI is InChI=1S/C30H29N3O3/c1-4-15(2)18-13-22-32-20-11-7-6-10-17(20)24-25-19(14-31-29(25)34)23-16-9-5-8-12-21(16)33(26(23)27(24)32)30(36-22)28(18)35-3/h5-12,15,18,22,28,30H,4,13-14H2,1-3H3,(H,31,34). The SMILES string of the molecule is CCC(C)C1CC2OC(C1OC)n1c3ccccc3c3c4c(c5c6ccccc6n2c5c31)C(=O)NC4. The Labute approximate surface area is 208 Å². The van der Waals surface area contributed by atoms with Crippen molar-refractivity contribution >= 4 is 49.5 Å². The quantitative estimate of drug-likeness (QED) is 0.333. The molecule has 0 saturated carbocycles. The number of rotatable bonds is 3. The largest absolute Gasteiger partial charge is 0.376 e. The molecule has 8 rings (SSSR count). The van der Waals surface area contributed by atoms with Gasteiger partial charge < -0.3 is 23.9 Å². The minimum Gasteiger partial charge on any atom is -0.376 e. The fourth-order valence-corrected chi connectivity index (χ4v) is 7.47. The number of para-hydroxylation sites is 2. The average molecular weight is 480 g/mol. The number of ether oxygens (including phenoxy) is 2. The van der Waals surface area contributed by atoms with E-state index in [1.165, 1.54) is 10.8 Å². The molecule has 182 valence electrons. The summed E-state index contributed by atoms with van der Waals surface area (Å²) < 4.78 is 18.1. The zero-order chi connectivity index (χ0) is 24.3. The number of hydrogen-bond acceptors (Lipinski definition) is 3. The van der Waals surface area contributed by atoms with Crippen molar-refractivity contribution in [3.63, 3.8) is 0 Å². The van der Waals surface area contributed by atoms with Crippen LogP contribution in [-0.4, -0.2) is 28.3 Å². The predicted molar refractivity (Wildman–Crippen MR) is 141 cm³/mol. The average Bonchev–Trinajstić information content (AvgIpc) is 3.54. The van der Waals surface area contributed by atoms with E-state index in [2.05, 4.69) is 76.8 Å². The first-order chi connectivity index (χ1) is 17.6. The lowest BCUT2D eigenvalue weighted by Crippen LogP contribution is -2.43. The summed E-state index contributed by atoms with van der Waals surface area (Å²) in [4.78, 5) is 13.4. The van der Waals surface area contributed by atoms with Gasteiger partial charge in [0.05, 0.1) is 27.6 Å². The third-order valence-corrected chi connectivity index (χ3v) is 9.21. The highest BCUT2D eigenvalue weighted by Gasteiger charge is 2.47. The number of carbonyl (C=O) groups is 1. The van der Waals surface area contributed by atoms with Crippen molar-refractivity contribution in [2.45, 2.75) is 51.8 Å².